The van der Waals surface area contributed by atoms with Gasteiger partial charge in [0.2, 0.25) is 0 Å². The molecule has 0 bridgehead atoms. The van der Waals surface area contributed by atoms with Crippen molar-refractivity contribution in [2.45, 2.75) is 31.6 Å². The smallest absolute Gasteiger partial charge is 0.379 e. The second kappa shape index (κ2) is 8.65. The Morgan fingerprint density at radius 1 is 1.26 bits per heavy atom. The van der Waals surface area contributed by atoms with Crippen molar-refractivity contribution >= 4 is 0 Å². The number of hydrogen-bond acceptors (Lipinski definition) is 4. The third-order valence-electron chi connectivity index (χ3n) is 4.16. The molecule has 1 atom stereocenters. The molecule has 1 fully saturated rings. The van der Waals surface area contributed by atoms with E-state index in [1.165, 1.54) is 4.90 Å². The van der Waals surface area contributed by atoms with Crippen molar-refractivity contribution in [1.29, 1.82) is 0 Å². The average molecular weight is 334 g/mol. The zero-order chi connectivity index (χ0) is 16.7. The molecule has 132 valence electrons. The molecule has 0 aromatic carbocycles. The Morgan fingerprint density at radius 3 is 2.61 bits per heavy atom. The summed E-state index contributed by atoms with van der Waals surface area (Å²) in [7, 11) is 1.88. The molecule has 0 amide bonds. The molecule has 2 rings (SSSR count). The highest BCUT2D eigenvalue weighted by atomic mass is 19.4. The van der Waals surface area contributed by atoms with Crippen LogP contribution >= 0.6 is 0 Å². The Bertz CT molecular complexity index is 432. The molecule has 0 spiro atoms. The van der Waals surface area contributed by atoms with Gasteiger partial charge in [-0.1, -0.05) is 0 Å². The van der Waals surface area contributed by atoms with Crippen LogP contribution < -0.4 is 0 Å². The van der Waals surface area contributed by atoms with E-state index in [1.807, 2.05) is 22.7 Å². The van der Waals surface area contributed by atoms with E-state index in [4.69, 9.17) is 4.74 Å². The first kappa shape index (κ1) is 18.2. The van der Waals surface area contributed by atoms with Gasteiger partial charge in [0.1, 0.15) is 6.04 Å². The standard InChI is InChI=1S/C15H25F3N4O/c1-20(5-2-6-21-8-4-19-13-21)7-3-14(15(16,17)18)22-9-11-23-12-10-22/h4,8,13-14H,2-3,5-7,9-12H2,1H3. The molecule has 2 heterocycles. The highest BCUT2D eigenvalue weighted by molar-refractivity contribution is 4.81. The fraction of sp³-hybridized carbons (Fsp3) is 0.800. The summed E-state index contributed by atoms with van der Waals surface area (Å²) < 4.78 is 47.0. The maximum absolute atomic E-state index is 13.3. The summed E-state index contributed by atoms with van der Waals surface area (Å²) >= 11 is 0. The highest BCUT2D eigenvalue weighted by Gasteiger charge is 2.43. The van der Waals surface area contributed by atoms with Gasteiger partial charge in [0.25, 0.3) is 0 Å². The number of aryl methyl sites for hydroxylation is 1. The third kappa shape index (κ3) is 6.12. The van der Waals surface area contributed by atoms with E-state index >= 15 is 0 Å². The Hall–Kier alpha value is -1.12. The first-order valence-corrected chi connectivity index (χ1v) is 7.99. The average Bonchev–Trinajstić information content (AvgIpc) is 3.00. The van der Waals surface area contributed by atoms with Gasteiger partial charge in [-0.2, -0.15) is 13.2 Å². The topological polar surface area (TPSA) is 33.5 Å². The minimum Gasteiger partial charge on any atom is -0.379 e. The number of ether oxygens (including phenoxy) is 1. The van der Waals surface area contributed by atoms with E-state index in [2.05, 4.69) is 4.98 Å². The molecule has 1 aliphatic heterocycles. The van der Waals surface area contributed by atoms with Crippen molar-refractivity contribution in [2.75, 3.05) is 46.4 Å². The van der Waals surface area contributed by atoms with Crippen LogP contribution in [0.1, 0.15) is 12.8 Å². The summed E-state index contributed by atoms with van der Waals surface area (Å²) in [5, 5.41) is 0. The van der Waals surface area contributed by atoms with Crippen molar-refractivity contribution < 1.29 is 17.9 Å². The molecule has 1 aliphatic rings. The van der Waals surface area contributed by atoms with Crippen LogP contribution in [0.5, 0.6) is 0 Å². The predicted octanol–water partition coefficient (Wildman–Crippen LogP) is 1.86. The van der Waals surface area contributed by atoms with Crippen LogP contribution in [0.2, 0.25) is 0 Å². The lowest BCUT2D eigenvalue weighted by molar-refractivity contribution is -0.194. The molecule has 0 radical (unpaired) electrons. The number of alkyl halides is 3. The summed E-state index contributed by atoms with van der Waals surface area (Å²) in [6.45, 7) is 3.51. The van der Waals surface area contributed by atoms with E-state index in [9.17, 15) is 13.2 Å². The highest BCUT2D eigenvalue weighted by Crippen LogP contribution is 2.28. The lowest BCUT2D eigenvalue weighted by Crippen LogP contribution is -2.51. The fourth-order valence-electron chi connectivity index (χ4n) is 2.84. The van der Waals surface area contributed by atoms with Gasteiger partial charge >= 0.3 is 6.18 Å². The summed E-state index contributed by atoms with van der Waals surface area (Å²) in [4.78, 5) is 7.44. The molecule has 0 N–H and O–H groups in total. The third-order valence-corrected chi connectivity index (χ3v) is 4.16. The molecule has 0 saturated carbocycles. The van der Waals surface area contributed by atoms with Crippen LogP contribution in [0.25, 0.3) is 0 Å². The van der Waals surface area contributed by atoms with Gasteiger partial charge in [-0.05, 0) is 33.0 Å². The van der Waals surface area contributed by atoms with Crippen LogP contribution in [0.4, 0.5) is 13.2 Å². The number of hydrogen-bond donors (Lipinski definition) is 0. The Labute approximate surface area is 135 Å². The molecular formula is C15H25F3N4O. The number of aromatic nitrogens is 2. The number of rotatable bonds is 8. The van der Waals surface area contributed by atoms with Gasteiger partial charge < -0.3 is 14.2 Å². The largest absolute Gasteiger partial charge is 0.404 e. The number of imidazole rings is 1. The SMILES string of the molecule is CN(CCCn1ccnc1)CCC(N1CCOCC1)C(F)(F)F. The number of nitrogens with zero attached hydrogens (tertiary/aromatic N) is 4. The van der Waals surface area contributed by atoms with E-state index in [0.717, 1.165) is 19.5 Å². The van der Waals surface area contributed by atoms with E-state index in [1.54, 1.807) is 12.5 Å². The van der Waals surface area contributed by atoms with Gasteiger partial charge in [-0.15, -0.1) is 0 Å². The van der Waals surface area contributed by atoms with E-state index in [-0.39, 0.29) is 6.42 Å². The Kier molecular flexibility index (Phi) is 6.86. The maximum atomic E-state index is 13.3. The minimum atomic E-state index is -4.19. The monoisotopic (exact) mass is 334 g/mol. The molecule has 1 saturated heterocycles. The van der Waals surface area contributed by atoms with E-state index in [0.29, 0.717) is 32.8 Å². The Balaban J connectivity index is 1.73. The van der Waals surface area contributed by atoms with Gasteiger partial charge in [-0.3, -0.25) is 4.90 Å². The second-order valence-corrected chi connectivity index (χ2v) is 5.95. The predicted molar refractivity (Wildman–Crippen MR) is 81.2 cm³/mol. The molecule has 5 nitrogen and oxygen atoms in total. The Morgan fingerprint density at radius 2 is 2.00 bits per heavy atom. The quantitative estimate of drug-likeness (QED) is 0.727. The van der Waals surface area contributed by atoms with Crippen molar-refractivity contribution in [3.8, 4) is 0 Å². The number of morpholine rings is 1. The van der Waals surface area contributed by atoms with E-state index < -0.39 is 12.2 Å². The zero-order valence-corrected chi connectivity index (χ0v) is 13.5. The summed E-state index contributed by atoms with van der Waals surface area (Å²) in [5.41, 5.74) is 0. The van der Waals surface area contributed by atoms with Gasteiger partial charge in [0.15, 0.2) is 0 Å². The molecule has 1 aromatic heterocycles. The molecule has 8 heteroatoms. The van der Waals surface area contributed by atoms with Crippen LogP contribution in [0.3, 0.4) is 0 Å². The summed E-state index contributed by atoms with van der Waals surface area (Å²) in [6, 6.07) is -1.37. The number of halogens is 3. The van der Waals surface area contributed by atoms with Gasteiger partial charge in [0.05, 0.1) is 19.5 Å². The summed E-state index contributed by atoms with van der Waals surface area (Å²) in [6.07, 6.45) is 2.16. The lowest BCUT2D eigenvalue weighted by atomic mass is 10.1. The fourth-order valence-corrected chi connectivity index (χ4v) is 2.84. The van der Waals surface area contributed by atoms with Crippen LogP contribution in [-0.2, 0) is 11.3 Å². The molecule has 1 aromatic rings. The summed E-state index contributed by atoms with van der Waals surface area (Å²) in [5.74, 6) is 0. The minimum absolute atomic E-state index is 0.102. The molecule has 1 unspecified atom stereocenters. The van der Waals surface area contributed by atoms with Crippen molar-refractivity contribution in [2.24, 2.45) is 0 Å². The van der Waals surface area contributed by atoms with Gasteiger partial charge in [-0.25, -0.2) is 4.98 Å². The van der Waals surface area contributed by atoms with Gasteiger partial charge in [0, 0.05) is 32.0 Å². The molecular weight excluding hydrogens is 309 g/mol. The molecule has 23 heavy (non-hydrogen) atoms. The van der Waals surface area contributed by atoms with Crippen LogP contribution in [0.15, 0.2) is 18.7 Å². The molecule has 0 aliphatic carbocycles. The van der Waals surface area contributed by atoms with Crippen molar-refractivity contribution in [3.63, 3.8) is 0 Å². The van der Waals surface area contributed by atoms with Crippen LogP contribution in [0, 0.1) is 0 Å². The first-order valence-electron chi connectivity index (χ1n) is 7.99. The first-order chi connectivity index (χ1) is 11.0. The zero-order valence-electron chi connectivity index (χ0n) is 13.5. The second-order valence-electron chi connectivity index (χ2n) is 5.95. The maximum Gasteiger partial charge on any atom is 0.404 e. The normalized spacial score (nSPS) is 18.5. The van der Waals surface area contributed by atoms with Crippen LogP contribution in [-0.4, -0.2) is 78.0 Å². The van der Waals surface area contributed by atoms with Crippen molar-refractivity contribution in [1.82, 2.24) is 19.4 Å². The van der Waals surface area contributed by atoms with Crippen molar-refractivity contribution in [3.05, 3.63) is 18.7 Å². The lowest BCUT2D eigenvalue weighted by Gasteiger charge is -2.36.